The first-order chi connectivity index (χ1) is 8.21. The van der Waals surface area contributed by atoms with Gasteiger partial charge in [-0.05, 0) is 11.6 Å². The highest BCUT2D eigenvalue weighted by atomic mass is 35.5. The summed E-state index contributed by atoms with van der Waals surface area (Å²) in [6.07, 6.45) is 1.63. The van der Waals surface area contributed by atoms with E-state index in [1.165, 1.54) is 0 Å². The average molecular weight is 248 g/mol. The first-order valence-corrected chi connectivity index (χ1v) is 5.15. The van der Waals surface area contributed by atoms with Crippen molar-refractivity contribution in [3.63, 3.8) is 0 Å². The Morgan fingerprint density at radius 3 is 2.59 bits per heavy atom. The van der Waals surface area contributed by atoms with Gasteiger partial charge in [-0.2, -0.15) is 10.5 Å². The molecule has 1 aromatic rings. The summed E-state index contributed by atoms with van der Waals surface area (Å²) < 4.78 is 0. The van der Waals surface area contributed by atoms with Crippen LogP contribution in [0, 0.1) is 22.7 Å². The van der Waals surface area contributed by atoms with Crippen molar-refractivity contribution >= 4 is 11.6 Å². The molecule has 0 fully saturated rings. The molecule has 1 aromatic heterocycles. The lowest BCUT2D eigenvalue weighted by molar-refractivity contribution is 0.730. The van der Waals surface area contributed by atoms with E-state index < -0.39 is 0 Å². The third-order valence-electron chi connectivity index (χ3n) is 1.98. The highest BCUT2D eigenvalue weighted by Crippen LogP contribution is 2.05. The minimum Gasteiger partial charge on any atom is -0.373 e. The lowest BCUT2D eigenvalue weighted by Crippen LogP contribution is -2.24. The number of halogens is 1. The van der Waals surface area contributed by atoms with Crippen molar-refractivity contribution in [1.29, 1.82) is 10.5 Å². The molecule has 1 heterocycles. The standard InChI is InChI=1S/C11H10ClN5/c1-15-11(9(4-13)5-14)17-7-8-2-3-10(12)16-6-8/h2-3,6,15,17H,7H2,1H3. The maximum absolute atomic E-state index is 8.72. The highest BCUT2D eigenvalue weighted by molar-refractivity contribution is 6.29. The molecular weight excluding hydrogens is 238 g/mol. The molecular formula is C11H10ClN5. The SMILES string of the molecule is CNC(NCc1ccc(Cl)nc1)=C(C#N)C#N. The number of hydrogen-bond donors (Lipinski definition) is 2. The number of aromatic nitrogens is 1. The Bertz CT molecular complexity index is 476. The zero-order valence-corrected chi connectivity index (χ0v) is 9.91. The van der Waals surface area contributed by atoms with E-state index in [0.717, 1.165) is 5.56 Å². The number of nitrogens with one attached hydrogen (secondary N) is 2. The second-order valence-electron chi connectivity index (χ2n) is 3.07. The van der Waals surface area contributed by atoms with Gasteiger partial charge in [-0.1, -0.05) is 17.7 Å². The minimum absolute atomic E-state index is 0.00872. The fourth-order valence-electron chi connectivity index (χ4n) is 1.14. The molecule has 0 amide bonds. The van der Waals surface area contributed by atoms with Crippen molar-refractivity contribution in [3.05, 3.63) is 40.4 Å². The molecule has 0 saturated carbocycles. The van der Waals surface area contributed by atoms with Gasteiger partial charge in [0.2, 0.25) is 0 Å². The van der Waals surface area contributed by atoms with Gasteiger partial charge in [-0.25, -0.2) is 4.98 Å². The van der Waals surface area contributed by atoms with Gasteiger partial charge in [0.1, 0.15) is 23.1 Å². The molecule has 17 heavy (non-hydrogen) atoms. The summed E-state index contributed by atoms with van der Waals surface area (Å²) in [5.41, 5.74) is 0.909. The van der Waals surface area contributed by atoms with E-state index in [1.54, 1.807) is 31.4 Å². The van der Waals surface area contributed by atoms with Crippen LogP contribution in [-0.4, -0.2) is 12.0 Å². The van der Waals surface area contributed by atoms with Gasteiger partial charge in [0.05, 0.1) is 0 Å². The second kappa shape index (κ2) is 6.37. The topological polar surface area (TPSA) is 84.5 Å². The Morgan fingerprint density at radius 2 is 2.12 bits per heavy atom. The predicted molar refractivity (Wildman–Crippen MR) is 63.4 cm³/mol. The van der Waals surface area contributed by atoms with E-state index in [2.05, 4.69) is 15.6 Å². The molecule has 0 aliphatic heterocycles. The largest absolute Gasteiger partial charge is 0.373 e. The van der Waals surface area contributed by atoms with Crippen LogP contribution in [0.15, 0.2) is 29.7 Å². The minimum atomic E-state index is 0.00872. The van der Waals surface area contributed by atoms with E-state index in [-0.39, 0.29) is 5.57 Å². The Labute approximate surface area is 104 Å². The molecule has 0 aliphatic carbocycles. The molecule has 0 spiro atoms. The number of allylic oxidation sites excluding steroid dienone is 1. The van der Waals surface area contributed by atoms with Crippen molar-refractivity contribution in [3.8, 4) is 12.1 Å². The van der Waals surface area contributed by atoms with Gasteiger partial charge in [-0.15, -0.1) is 0 Å². The first-order valence-electron chi connectivity index (χ1n) is 4.77. The molecule has 0 atom stereocenters. The molecule has 0 aromatic carbocycles. The third-order valence-corrected chi connectivity index (χ3v) is 2.21. The van der Waals surface area contributed by atoms with Crippen LogP contribution in [0.4, 0.5) is 0 Å². The summed E-state index contributed by atoms with van der Waals surface area (Å²) >= 11 is 5.66. The van der Waals surface area contributed by atoms with Crippen molar-refractivity contribution < 1.29 is 0 Å². The summed E-state index contributed by atoms with van der Waals surface area (Å²) in [6.45, 7) is 0.452. The van der Waals surface area contributed by atoms with Crippen molar-refractivity contribution in [2.75, 3.05) is 7.05 Å². The van der Waals surface area contributed by atoms with Crippen LogP contribution in [-0.2, 0) is 6.54 Å². The van der Waals surface area contributed by atoms with E-state index in [9.17, 15) is 0 Å². The van der Waals surface area contributed by atoms with Crippen molar-refractivity contribution in [1.82, 2.24) is 15.6 Å². The monoisotopic (exact) mass is 247 g/mol. The van der Waals surface area contributed by atoms with E-state index >= 15 is 0 Å². The first kappa shape index (κ1) is 12.8. The molecule has 1 rings (SSSR count). The number of pyridine rings is 1. The van der Waals surface area contributed by atoms with Gasteiger partial charge in [-0.3, -0.25) is 0 Å². The van der Waals surface area contributed by atoms with E-state index in [4.69, 9.17) is 22.1 Å². The molecule has 0 bridgehead atoms. The van der Waals surface area contributed by atoms with Crippen LogP contribution in [0.3, 0.4) is 0 Å². The number of hydrogen-bond acceptors (Lipinski definition) is 5. The van der Waals surface area contributed by atoms with Crippen molar-refractivity contribution in [2.45, 2.75) is 6.54 Å². The number of nitrogens with zero attached hydrogens (tertiary/aromatic N) is 3. The van der Waals surface area contributed by atoms with Crippen LogP contribution in [0.25, 0.3) is 0 Å². The average Bonchev–Trinajstić information content (AvgIpc) is 2.36. The van der Waals surface area contributed by atoms with Gasteiger partial charge in [0, 0.05) is 19.8 Å². The number of rotatable bonds is 4. The molecule has 6 heteroatoms. The predicted octanol–water partition coefficient (Wildman–Crippen LogP) is 1.30. The van der Waals surface area contributed by atoms with E-state index in [0.29, 0.717) is 17.5 Å². The lowest BCUT2D eigenvalue weighted by atomic mass is 10.2. The highest BCUT2D eigenvalue weighted by Gasteiger charge is 2.03. The van der Waals surface area contributed by atoms with Crippen LogP contribution in [0.5, 0.6) is 0 Å². The summed E-state index contributed by atoms with van der Waals surface area (Å²) in [5.74, 6) is 0.393. The maximum atomic E-state index is 8.72. The summed E-state index contributed by atoms with van der Waals surface area (Å²) in [6, 6.07) is 7.10. The summed E-state index contributed by atoms with van der Waals surface area (Å²) in [5, 5.41) is 23.6. The normalized spacial score (nSPS) is 8.71. The molecule has 0 unspecified atom stereocenters. The number of nitriles is 2. The second-order valence-corrected chi connectivity index (χ2v) is 3.45. The van der Waals surface area contributed by atoms with Crippen LogP contribution < -0.4 is 10.6 Å². The Balaban J connectivity index is 2.73. The van der Waals surface area contributed by atoms with Crippen LogP contribution >= 0.6 is 11.6 Å². The van der Waals surface area contributed by atoms with Gasteiger partial charge in [0.25, 0.3) is 0 Å². The van der Waals surface area contributed by atoms with Gasteiger partial charge in [0.15, 0.2) is 5.57 Å². The molecule has 5 nitrogen and oxygen atoms in total. The quantitative estimate of drug-likeness (QED) is 0.619. The molecule has 86 valence electrons. The lowest BCUT2D eigenvalue weighted by Gasteiger charge is -2.10. The molecule has 0 saturated heterocycles. The zero-order chi connectivity index (χ0) is 12.7. The van der Waals surface area contributed by atoms with E-state index in [1.807, 2.05) is 6.07 Å². The molecule has 2 N–H and O–H groups in total. The van der Waals surface area contributed by atoms with Crippen LogP contribution in [0.1, 0.15) is 5.56 Å². The molecule has 0 radical (unpaired) electrons. The molecule has 0 aliphatic rings. The Kier molecular flexibility index (Phi) is 4.80. The van der Waals surface area contributed by atoms with Gasteiger partial charge < -0.3 is 10.6 Å². The maximum Gasteiger partial charge on any atom is 0.169 e. The fraction of sp³-hybridized carbons (Fsp3) is 0.182. The van der Waals surface area contributed by atoms with Crippen LogP contribution in [0.2, 0.25) is 5.15 Å². The smallest absolute Gasteiger partial charge is 0.169 e. The third kappa shape index (κ3) is 3.67. The Morgan fingerprint density at radius 1 is 1.41 bits per heavy atom. The Hall–Kier alpha value is -2.24. The zero-order valence-electron chi connectivity index (χ0n) is 9.16. The summed E-state index contributed by atoms with van der Waals surface area (Å²) in [4.78, 5) is 3.93. The van der Waals surface area contributed by atoms with Crippen molar-refractivity contribution in [2.24, 2.45) is 0 Å². The van der Waals surface area contributed by atoms with Gasteiger partial charge >= 0.3 is 0 Å². The fourth-order valence-corrected chi connectivity index (χ4v) is 1.25. The summed E-state index contributed by atoms with van der Waals surface area (Å²) in [7, 11) is 1.64.